The normalized spacial score (nSPS) is 35.0. The van der Waals surface area contributed by atoms with Gasteiger partial charge in [-0.15, -0.1) is 11.8 Å². The van der Waals surface area contributed by atoms with Crippen molar-refractivity contribution in [1.82, 2.24) is 15.5 Å². The highest BCUT2D eigenvalue weighted by atomic mass is 32.2. The van der Waals surface area contributed by atoms with Gasteiger partial charge in [-0.3, -0.25) is 14.4 Å². The lowest BCUT2D eigenvalue weighted by molar-refractivity contribution is -0.140. The first-order valence-electron chi connectivity index (χ1n) is 13.6. The van der Waals surface area contributed by atoms with Crippen LogP contribution in [-0.2, 0) is 14.4 Å². The fraction of sp³-hybridized carbons (Fsp3) is 0.885. The van der Waals surface area contributed by atoms with Gasteiger partial charge in [0.15, 0.2) is 0 Å². The van der Waals surface area contributed by atoms with Crippen molar-refractivity contribution in [2.24, 2.45) is 17.8 Å². The zero-order valence-electron chi connectivity index (χ0n) is 20.9. The largest absolute Gasteiger partial charge is 0.396 e. The Morgan fingerprint density at radius 1 is 1.12 bits per heavy atom. The van der Waals surface area contributed by atoms with Crippen LogP contribution in [0.4, 0.5) is 0 Å². The van der Waals surface area contributed by atoms with E-state index < -0.39 is 16.7 Å². The van der Waals surface area contributed by atoms with Crippen LogP contribution in [-0.4, -0.2) is 69.5 Å². The summed E-state index contributed by atoms with van der Waals surface area (Å²) in [7, 11) is 0. The molecule has 2 bridgehead atoms. The maximum Gasteiger partial charge on any atom is 0.244 e. The Hall–Kier alpha value is -1.28. The third kappa shape index (κ3) is 4.61. The topological polar surface area (TPSA) is 98.7 Å². The summed E-state index contributed by atoms with van der Waals surface area (Å²) in [5.41, 5.74) is 0. The highest BCUT2D eigenvalue weighted by Gasteiger charge is 2.75. The van der Waals surface area contributed by atoms with Gasteiger partial charge in [0.1, 0.15) is 6.04 Å². The lowest BCUT2D eigenvalue weighted by Crippen LogP contribution is -2.58. The number of fused-ring (bicyclic) bond motifs is 1. The number of carbonyl (C=O) groups excluding carboxylic acids is 3. The molecular formula is C26H43N3O4S. The van der Waals surface area contributed by atoms with Gasteiger partial charge in [0.05, 0.1) is 16.6 Å². The molecule has 1 spiro atoms. The summed E-state index contributed by atoms with van der Waals surface area (Å²) >= 11 is 1.76. The van der Waals surface area contributed by atoms with Crippen LogP contribution in [0.1, 0.15) is 84.5 Å². The number of nitrogens with zero attached hydrogens (tertiary/aromatic N) is 1. The molecule has 3 aliphatic heterocycles. The molecule has 1 aliphatic carbocycles. The molecule has 0 aromatic carbocycles. The number of nitrogens with one attached hydrogen (secondary N) is 2. The second kappa shape index (κ2) is 11.2. The molecule has 4 fully saturated rings. The van der Waals surface area contributed by atoms with E-state index in [-0.39, 0.29) is 47.5 Å². The van der Waals surface area contributed by atoms with E-state index in [0.717, 1.165) is 64.2 Å². The molecular weight excluding hydrogens is 450 g/mol. The van der Waals surface area contributed by atoms with E-state index >= 15 is 0 Å². The average molecular weight is 494 g/mol. The molecule has 4 rings (SSSR count). The van der Waals surface area contributed by atoms with Crippen molar-refractivity contribution in [3.63, 3.8) is 0 Å². The molecule has 3 heterocycles. The molecule has 3 N–H and O–H groups in total. The number of likely N-dealkylation sites (tertiary alicyclic amines) is 1. The van der Waals surface area contributed by atoms with E-state index in [4.69, 9.17) is 5.11 Å². The number of amides is 3. The van der Waals surface area contributed by atoms with Crippen LogP contribution < -0.4 is 10.6 Å². The van der Waals surface area contributed by atoms with E-state index in [1.54, 1.807) is 11.8 Å². The first-order valence-corrected chi connectivity index (χ1v) is 14.5. The van der Waals surface area contributed by atoms with Gasteiger partial charge >= 0.3 is 0 Å². The van der Waals surface area contributed by atoms with Crippen molar-refractivity contribution in [1.29, 1.82) is 0 Å². The Balaban J connectivity index is 1.59. The summed E-state index contributed by atoms with van der Waals surface area (Å²) in [5, 5.41) is 15.6. The quantitative estimate of drug-likeness (QED) is 0.385. The molecule has 0 radical (unpaired) electrons. The summed E-state index contributed by atoms with van der Waals surface area (Å²) in [6.07, 6.45) is 10.7. The van der Waals surface area contributed by atoms with Crippen molar-refractivity contribution in [2.45, 2.75) is 107 Å². The molecule has 1 saturated carbocycles. The molecule has 3 unspecified atom stereocenters. The zero-order valence-corrected chi connectivity index (χ0v) is 21.7. The molecule has 4 aliphatic rings. The van der Waals surface area contributed by atoms with Gasteiger partial charge in [-0.2, -0.15) is 0 Å². The average Bonchev–Trinajstić information content (AvgIpc) is 3.42. The van der Waals surface area contributed by atoms with Crippen molar-refractivity contribution in [2.75, 3.05) is 19.7 Å². The van der Waals surface area contributed by atoms with Gasteiger partial charge in [0.25, 0.3) is 0 Å². The first kappa shape index (κ1) is 25.8. The third-order valence-corrected chi connectivity index (χ3v) is 10.7. The highest BCUT2D eigenvalue weighted by molar-refractivity contribution is 8.02. The standard InChI is InChI=1S/C26H43N3O4S/c1-3-13-27-23(31)20-19-16-17(2)26(34-19)21(20)25(33)29(14-9-4-5-10-15-30)22(26)24(32)28-18-11-7-6-8-12-18/h17-22,30H,3-16H2,1-2H3,(H,27,31)(H,28,32)/t17?,19-,20+,21-,22?,26?/m0/s1. The number of hydrogen-bond donors (Lipinski definition) is 3. The van der Waals surface area contributed by atoms with Gasteiger partial charge in [0, 0.05) is 31.0 Å². The second-order valence-corrected chi connectivity index (χ2v) is 12.4. The summed E-state index contributed by atoms with van der Waals surface area (Å²) in [6, 6.07) is -0.306. The molecule has 7 nitrogen and oxygen atoms in total. The van der Waals surface area contributed by atoms with Crippen LogP contribution in [0.3, 0.4) is 0 Å². The Morgan fingerprint density at radius 2 is 1.85 bits per heavy atom. The maximum atomic E-state index is 13.9. The van der Waals surface area contributed by atoms with Gasteiger partial charge in [-0.25, -0.2) is 0 Å². The number of rotatable bonds is 11. The second-order valence-electron chi connectivity index (χ2n) is 10.9. The molecule has 3 amide bonds. The highest BCUT2D eigenvalue weighted by Crippen LogP contribution is 2.68. The predicted octanol–water partition coefficient (Wildman–Crippen LogP) is 2.85. The van der Waals surface area contributed by atoms with Crippen LogP contribution in [0.25, 0.3) is 0 Å². The summed E-state index contributed by atoms with van der Waals surface area (Å²) < 4.78 is -0.514. The number of unbranched alkanes of at least 4 members (excludes halogenated alkanes) is 3. The molecule has 8 heteroatoms. The fourth-order valence-electron chi connectivity index (χ4n) is 7.00. The third-order valence-electron chi connectivity index (χ3n) is 8.60. The Labute approximate surface area is 208 Å². The monoisotopic (exact) mass is 493 g/mol. The predicted molar refractivity (Wildman–Crippen MR) is 134 cm³/mol. The summed E-state index contributed by atoms with van der Waals surface area (Å²) in [6.45, 7) is 5.57. The van der Waals surface area contributed by atoms with E-state index in [2.05, 4.69) is 17.6 Å². The van der Waals surface area contributed by atoms with Crippen LogP contribution in [0.15, 0.2) is 0 Å². The van der Waals surface area contributed by atoms with Crippen molar-refractivity contribution >= 4 is 29.5 Å². The van der Waals surface area contributed by atoms with E-state index in [0.29, 0.717) is 13.1 Å². The minimum Gasteiger partial charge on any atom is -0.396 e. The number of aliphatic hydroxyl groups excluding tert-OH is 1. The van der Waals surface area contributed by atoms with E-state index in [1.807, 2.05) is 11.8 Å². The van der Waals surface area contributed by atoms with E-state index in [1.165, 1.54) is 6.42 Å². The summed E-state index contributed by atoms with van der Waals surface area (Å²) in [4.78, 5) is 42.9. The lowest BCUT2D eigenvalue weighted by atomic mass is 9.65. The van der Waals surface area contributed by atoms with Crippen LogP contribution in [0.5, 0.6) is 0 Å². The molecule has 3 saturated heterocycles. The van der Waals surface area contributed by atoms with Gasteiger partial charge in [-0.1, -0.05) is 46.0 Å². The molecule has 0 aromatic rings. The molecule has 192 valence electrons. The van der Waals surface area contributed by atoms with E-state index in [9.17, 15) is 14.4 Å². The minimum absolute atomic E-state index is 0.00384. The van der Waals surface area contributed by atoms with Crippen molar-refractivity contribution in [3.05, 3.63) is 0 Å². The minimum atomic E-state index is -0.514. The lowest BCUT2D eigenvalue weighted by Gasteiger charge is -2.39. The number of hydrogen-bond acceptors (Lipinski definition) is 5. The Morgan fingerprint density at radius 3 is 2.56 bits per heavy atom. The molecule has 0 aromatic heterocycles. The molecule has 34 heavy (non-hydrogen) atoms. The SMILES string of the molecule is CCCNC(=O)[C@@H]1[C@@H]2CC(C)C3(S2)C(C(=O)NC2CCCCC2)N(CCCCCCO)C(=O)[C@H]13. The zero-order chi connectivity index (χ0) is 24.3. The Kier molecular flexibility index (Phi) is 8.49. The van der Waals surface area contributed by atoms with Gasteiger partial charge < -0.3 is 20.6 Å². The Bertz CT molecular complexity index is 758. The van der Waals surface area contributed by atoms with Crippen LogP contribution >= 0.6 is 11.8 Å². The van der Waals surface area contributed by atoms with Gasteiger partial charge in [0.2, 0.25) is 17.7 Å². The van der Waals surface area contributed by atoms with Crippen LogP contribution in [0.2, 0.25) is 0 Å². The van der Waals surface area contributed by atoms with Crippen LogP contribution in [0, 0.1) is 17.8 Å². The fourth-order valence-corrected chi connectivity index (χ4v) is 9.42. The smallest absolute Gasteiger partial charge is 0.244 e. The number of carbonyl (C=O) groups is 3. The maximum absolute atomic E-state index is 13.9. The van der Waals surface area contributed by atoms with Crippen molar-refractivity contribution in [3.8, 4) is 0 Å². The number of aliphatic hydroxyl groups is 1. The molecule has 6 atom stereocenters. The first-order chi connectivity index (χ1) is 16.5. The number of thioether (sulfide) groups is 1. The van der Waals surface area contributed by atoms with Gasteiger partial charge in [-0.05, 0) is 44.4 Å². The van der Waals surface area contributed by atoms with Crippen molar-refractivity contribution < 1.29 is 19.5 Å². The summed E-state index contributed by atoms with van der Waals surface area (Å²) in [5.74, 6) is -0.556.